The number of rotatable bonds is 15. The molecule has 5 atom stereocenters. The van der Waals surface area contributed by atoms with Crippen molar-refractivity contribution < 1.29 is 23.7 Å². The molecule has 0 unspecified atom stereocenters. The van der Waals surface area contributed by atoms with Crippen LogP contribution >= 0.6 is 12.2 Å². The third-order valence-corrected chi connectivity index (χ3v) is 7.44. The molecule has 7 heteroatoms. The quantitative estimate of drug-likeness (QED) is 0.111. The van der Waals surface area contributed by atoms with Crippen molar-refractivity contribution in [2.75, 3.05) is 13.2 Å². The molecule has 0 aromatic heterocycles. The largest absolute Gasteiger partial charge is 0.374 e. The van der Waals surface area contributed by atoms with Crippen LogP contribution in [0.4, 0.5) is 0 Å². The highest BCUT2D eigenvalue weighted by atomic mass is 32.1. The molecule has 1 heterocycles. The maximum Gasteiger partial charge on any atom is 0.115 e. The van der Waals surface area contributed by atoms with Gasteiger partial charge >= 0.3 is 0 Å². The average Bonchev–Trinajstić information content (AvgIpc) is 3.07. The normalized spacial score (nSPS) is 21.6. The molecule has 4 aromatic carbocycles. The second-order valence-electron chi connectivity index (χ2n) is 10.4. The minimum Gasteiger partial charge on any atom is -0.374 e. The molecular weight excluding hydrogens is 558 g/mol. The first kappa shape index (κ1) is 30.9. The van der Waals surface area contributed by atoms with Crippen LogP contribution in [-0.4, -0.2) is 48.8 Å². The lowest BCUT2D eigenvalue weighted by molar-refractivity contribution is -0.270. The maximum absolute atomic E-state index is 6.70. The van der Waals surface area contributed by atoms with Crippen molar-refractivity contribution in [3.05, 3.63) is 144 Å². The number of ether oxygens (including phenoxy) is 5. The molecule has 4 aromatic rings. The summed E-state index contributed by atoms with van der Waals surface area (Å²) in [5, 5.41) is 2.49. The Kier molecular flexibility index (Phi) is 12.2. The lowest BCUT2D eigenvalue weighted by Crippen LogP contribution is -2.61. The molecule has 1 aliphatic rings. The molecule has 0 radical (unpaired) electrons. The average molecular weight is 596 g/mol. The molecule has 1 aliphatic heterocycles. The molecule has 222 valence electrons. The highest BCUT2D eigenvalue weighted by molar-refractivity contribution is 7.78. The summed E-state index contributed by atoms with van der Waals surface area (Å²) >= 11 is 4.92. The number of hydrogen-bond donors (Lipinski definition) is 0. The molecule has 1 saturated heterocycles. The summed E-state index contributed by atoms with van der Waals surface area (Å²) in [4.78, 5) is 4.26. The van der Waals surface area contributed by atoms with Gasteiger partial charge in [-0.05, 0) is 34.5 Å². The van der Waals surface area contributed by atoms with E-state index >= 15 is 0 Å². The SMILES string of the molecule is S=C=NC[C@@H]1O[C@H](COCc2ccccc2)[C@@H](OCc2ccccc2)[C@H](OCc2ccccc2)[C@H]1OCc1ccccc1. The fourth-order valence-electron chi connectivity index (χ4n) is 5.16. The van der Waals surface area contributed by atoms with Gasteiger partial charge in [-0.1, -0.05) is 121 Å². The van der Waals surface area contributed by atoms with Crippen LogP contribution in [0.15, 0.2) is 126 Å². The highest BCUT2D eigenvalue weighted by Crippen LogP contribution is 2.31. The summed E-state index contributed by atoms with van der Waals surface area (Å²) in [7, 11) is 0. The smallest absolute Gasteiger partial charge is 0.115 e. The molecule has 5 rings (SSSR count). The lowest BCUT2D eigenvalue weighted by Gasteiger charge is -2.46. The van der Waals surface area contributed by atoms with Crippen molar-refractivity contribution >= 4 is 17.4 Å². The summed E-state index contributed by atoms with van der Waals surface area (Å²) in [5.74, 6) is 0. The Hall–Kier alpha value is -3.52. The van der Waals surface area contributed by atoms with Gasteiger partial charge in [0.05, 0.1) is 44.7 Å². The predicted molar refractivity (Wildman–Crippen MR) is 170 cm³/mol. The van der Waals surface area contributed by atoms with Gasteiger partial charge < -0.3 is 23.7 Å². The molecule has 0 bridgehead atoms. The Labute approximate surface area is 259 Å². The van der Waals surface area contributed by atoms with Crippen LogP contribution < -0.4 is 0 Å². The summed E-state index contributed by atoms with van der Waals surface area (Å²) in [5.41, 5.74) is 4.25. The van der Waals surface area contributed by atoms with Crippen LogP contribution in [0, 0.1) is 0 Å². The Morgan fingerprint density at radius 2 is 0.930 bits per heavy atom. The Balaban J connectivity index is 1.42. The number of thiocarbonyl (C=S) groups is 1. The second kappa shape index (κ2) is 16.9. The van der Waals surface area contributed by atoms with Gasteiger partial charge in [0.25, 0.3) is 0 Å². The first-order valence-corrected chi connectivity index (χ1v) is 15.0. The van der Waals surface area contributed by atoms with Crippen LogP contribution in [0.2, 0.25) is 0 Å². The van der Waals surface area contributed by atoms with Crippen molar-refractivity contribution in [1.29, 1.82) is 0 Å². The molecule has 1 fully saturated rings. The first-order valence-electron chi connectivity index (χ1n) is 14.6. The number of aliphatic imine (C=N–C) groups is 1. The fraction of sp³-hybridized carbons (Fsp3) is 0.306. The zero-order valence-electron chi connectivity index (χ0n) is 24.1. The third-order valence-electron chi connectivity index (χ3n) is 7.32. The minimum atomic E-state index is -0.484. The fourth-order valence-corrected chi connectivity index (χ4v) is 5.23. The van der Waals surface area contributed by atoms with E-state index in [1.54, 1.807) is 0 Å². The van der Waals surface area contributed by atoms with Crippen LogP contribution in [0.1, 0.15) is 22.3 Å². The predicted octanol–water partition coefficient (Wildman–Crippen LogP) is 6.83. The lowest BCUT2D eigenvalue weighted by atomic mass is 9.94. The summed E-state index contributed by atoms with van der Waals surface area (Å²) in [6.45, 7) is 2.22. The van der Waals surface area contributed by atoms with Gasteiger partial charge in [-0.15, -0.1) is 0 Å². The number of isothiocyanates is 1. The number of benzene rings is 4. The zero-order valence-corrected chi connectivity index (χ0v) is 24.9. The highest BCUT2D eigenvalue weighted by Gasteiger charge is 2.48. The van der Waals surface area contributed by atoms with Crippen LogP contribution in [-0.2, 0) is 50.1 Å². The van der Waals surface area contributed by atoms with E-state index in [4.69, 9.17) is 35.9 Å². The number of nitrogens with zero attached hydrogens (tertiary/aromatic N) is 1. The van der Waals surface area contributed by atoms with E-state index in [1.807, 2.05) is 121 Å². The summed E-state index contributed by atoms with van der Waals surface area (Å²) < 4.78 is 32.8. The van der Waals surface area contributed by atoms with Crippen molar-refractivity contribution in [1.82, 2.24) is 0 Å². The molecule has 6 nitrogen and oxygen atoms in total. The van der Waals surface area contributed by atoms with E-state index in [9.17, 15) is 0 Å². The molecule has 0 amide bonds. The van der Waals surface area contributed by atoms with E-state index in [-0.39, 0.29) is 6.54 Å². The second-order valence-corrected chi connectivity index (χ2v) is 10.6. The molecule has 0 N–H and O–H groups in total. The van der Waals surface area contributed by atoms with E-state index in [0.717, 1.165) is 22.3 Å². The van der Waals surface area contributed by atoms with E-state index in [1.165, 1.54) is 0 Å². The van der Waals surface area contributed by atoms with Crippen molar-refractivity contribution in [3.8, 4) is 0 Å². The Bertz CT molecular complexity index is 1390. The Morgan fingerprint density at radius 1 is 0.535 bits per heavy atom. The van der Waals surface area contributed by atoms with E-state index in [0.29, 0.717) is 33.0 Å². The summed E-state index contributed by atoms with van der Waals surface area (Å²) in [6, 6.07) is 40.4. The van der Waals surface area contributed by atoms with Gasteiger partial charge in [0, 0.05) is 0 Å². The van der Waals surface area contributed by atoms with Gasteiger partial charge in [-0.25, -0.2) is 4.99 Å². The summed E-state index contributed by atoms with van der Waals surface area (Å²) in [6.07, 6.45) is -2.32. The minimum absolute atomic E-state index is 0.286. The van der Waals surface area contributed by atoms with Gasteiger partial charge in [0.2, 0.25) is 0 Å². The van der Waals surface area contributed by atoms with Crippen LogP contribution in [0.5, 0.6) is 0 Å². The zero-order chi connectivity index (χ0) is 29.5. The topological polar surface area (TPSA) is 58.5 Å². The van der Waals surface area contributed by atoms with Gasteiger partial charge in [0.15, 0.2) is 0 Å². The third kappa shape index (κ3) is 9.48. The van der Waals surface area contributed by atoms with Gasteiger partial charge in [0.1, 0.15) is 30.5 Å². The molecule has 0 spiro atoms. The van der Waals surface area contributed by atoms with Crippen molar-refractivity contribution in [2.24, 2.45) is 4.99 Å². The Morgan fingerprint density at radius 3 is 1.37 bits per heavy atom. The van der Waals surface area contributed by atoms with Crippen LogP contribution in [0.25, 0.3) is 0 Å². The molecular formula is C36H37NO5S. The van der Waals surface area contributed by atoms with E-state index < -0.39 is 30.5 Å². The molecule has 0 aliphatic carbocycles. The standard InChI is InChI=1S/C36H37NO5S/c43-27-37-21-32-34(39-23-29-15-7-2-8-16-29)36(41-25-31-19-11-4-12-20-31)35(40-24-30-17-9-3-10-18-30)33(42-32)26-38-22-28-13-5-1-6-14-28/h1-20,32-36H,21-26H2/t32-,33+,34-,35+,36+/m0/s1. The van der Waals surface area contributed by atoms with Crippen molar-refractivity contribution in [3.63, 3.8) is 0 Å². The monoisotopic (exact) mass is 595 g/mol. The van der Waals surface area contributed by atoms with Gasteiger partial charge in [-0.3, -0.25) is 0 Å². The van der Waals surface area contributed by atoms with E-state index in [2.05, 4.69) is 10.2 Å². The van der Waals surface area contributed by atoms with Gasteiger partial charge in [-0.2, -0.15) is 0 Å². The molecule has 43 heavy (non-hydrogen) atoms. The first-order chi connectivity index (χ1) is 21.3. The molecule has 0 saturated carbocycles. The van der Waals surface area contributed by atoms with Crippen LogP contribution in [0.3, 0.4) is 0 Å². The maximum atomic E-state index is 6.70. The van der Waals surface area contributed by atoms with Crippen molar-refractivity contribution in [2.45, 2.75) is 56.9 Å². The number of hydrogen-bond acceptors (Lipinski definition) is 7.